The molecule has 0 fully saturated rings. The van der Waals surface area contributed by atoms with E-state index < -0.39 is 18.2 Å². The number of hydrogen-bond acceptors (Lipinski definition) is 5. The van der Waals surface area contributed by atoms with E-state index in [9.17, 15) is 19.8 Å². The highest BCUT2D eigenvalue weighted by Crippen LogP contribution is 2.16. The summed E-state index contributed by atoms with van der Waals surface area (Å²) in [6, 6.07) is -0.740. The van der Waals surface area contributed by atoms with Gasteiger partial charge in [0.05, 0.1) is 25.2 Å². The smallest absolute Gasteiger partial charge is 0.306 e. The first-order valence-electron chi connectivity index (χ1n) is 27.2. The lowest BCUT2D eigenvalue weighted by atomic mass is 10.0. The Kier molecular flexibility index (Phi) is 49.1. The molecule has 0 spiro atoms. The highest BCUT2D eigenvalue weighted by atomic mass is 16.5. The number of allylic oxidation sites excluding steroid dienone is 11. The van der Waals surface area contributed by atoms with Crippen molar-refractivity contribution in [3.8, 4) is 0 Å². The molecule has 3 atom stereocenters. The largest absolute Gasteiger partial charge is 0.458 e. The number of aliphatic hydroxyl groups excluding tert-OH is 2. The minimum Gasteiger partial charge on any atom is -0.458 e. The Balaban J connectivity index is 4.60. The summed E-state index contributed by atoms with van der Waals surface area (Å²) in [5, 5.41) is 23.8. The van der Waals surface area contributed by atoms with Crippen molar-refractivity contribution >= 4 is 11.9 Å². The first-order chi connectivity index (χ1) is 31.5. The number of rotatable bonds is 48. The van der Waals surface area contributed by atoms with Gasteiger partial charge in [0.2, 0.25) is 5.91 Å². The fourth-order valence-corrected chi connectivity index (χ4v) is 7.94. The second-order valence-corrected chi connectivity index (χ2v) is 18.4. The Labute approximate surface area is 396 Å². The fraction of sp³-hybridized carbons (Fsp3) is 0.759. The van der Waals surface area contributed by atoms with Crippen LogP contribution in [0.15, 0.2) is 72.9 Å². The van der Waals surface area contributed by atoms with Gasteiger partial charge in [0.15, 0.2) is 0 Å². The number of unbranched alkanes of at least 4 members (excludes halogenated alkanes) is 29. The number of amides is 1. The maximum atomic E-state index is 13.2. The van der Waals surface area contributed by atoms with Crippen LogP contribution in [0, 0.1) is 0 Å². The minimum absolute atomic E-state index is 0.0405. The fourth-order valence-electron chi connectivity index (χ4n) is 7.94. The summed E-state index contributed by atoms with van der Waals surface area (Å²) in [5.41, 5.74) is 0. The summed E-state index contributed by atoms with van der Waals surface area (Å²) in [7, 11) is 0. The van der Waals surface area contributed by atoms with Gasteiger partial charge in [-0.05, 0) is 63.9 Å². The second-order valence-electron chi connectivity index (χ2n) is 18.4. The van der Waals surface area contributed by atoms with E-state index in [1.54, 1.807) is 0 Å². The molecule has 0 aromatic rings. The molecule has 1 amide bonds. The molecule has 0 aromatic carbocycles. The summed E-state index contributed by atoms with van der Waals surface area (Å²) in [6.45, 7) is 6.41. The van der Waals surface area contributed by atoms with E-state index in [0.29, 0.717) is 19.3 Å². The molecule has 0 heterocycles. The van der Waals surface area contributed by atoms with Gasteiger partial charge >= 0.3 is 5.97 Å². The zero-order chi connectivity index (χ0) is 46.7. The van der Waals surface area contributed by atoms with Crippen molar-refractivity contribution in [2.75, 3.05) is 6.61 Å². The monoisotopic (exact) mass is 894 g/mol. The van der Waals surface area contributed by atoms with Crippen molar-refractivity contribution in [1.82, 2.24) is 5.32 Å². The highest BCUT2D eigenvalue weighted by molar-refractivity contribution is 5.78. The minimum atomic E-state index is -0.818. The van der Waals surface area contributed by atoms with Crippen LogP contribution in [-0.4, -0.2) is 46.9 Å². The predicted molar refractivity (Wildman–Crippen MR) is 278 cm³/mol. The van der Waals surface area contributed by atoms with Gasteiger partial charge in [-0.25, -0.2) is 0 Å². The number of carbonyl (C=O) groups excluding carboxylic acids is 2. The third kappa shape index (κ3) is 45.9. The molecule has 0 radical (unpaired) electrons. The van der Waals surface area contributed by atoms with Gasteiger partial charge in [0.1, 0.15) is 6.10 Å². The molecule has 6 heteroatoms. The zero-order valence-electron chi connectivity index (χ0n) is 42.1. The molecule has 0 aliphatic heterocycles. The highest BCUT2D eigenvalue weighted by Gasteiger charge is 2.23. The molecule has 6 nitrogen and oxygen atoms in total. The van der Waals surface area contributed by atoms with E-state index in [1.807, 2.05) is 12.2 Å². The Morgan fingerprint density at radius 3 is 1.39 bits per heavy atom. The maximum Gasteiger partial charge on any atom is 0.306 e. The molecule has 0 aromatic heterocycles. The molecule has 0 aliphatic rings. The first-order valence-corrected chi connectivity index (χ1v) is 27.2. The van der Waals surface area contributed by atoms with E-state index in [-0.39, 0.29) is 24.9 Å². The van der Waals surface area contributed by atoms with E-state index in [0.717, 1.165) is 70.6 Å². The van der Waals surface area contributed by atoms with Crippen LogP contribution in [0.1, 0.15) is 258 Å². The van der Waals surface area contributed by atoms with E-state index >= 15 is 0 Å². The second kappa shape index (κ2) is 51.3. The van der Waals surface area contributed by atoms with Gasteiger partial charge in [0.25, 0.3) is 0 Å². The van der Waals surface area contributed by atoms with Crippen LogP contribution in [0.3, 0.4) is 0 Å². The van der Waals surface area contributed by atoms with Gasteiger partial charge in [-0.3, -0.25) is 9.59 Å². The molecule has 0 bridgehead atoms. The molecular weight excluding hydrogens is 791 g/mol. The standard InChI is InChI=1S/C58H103NO5/c1-4-7-10-13-16-19-22-24-26-28-29-31-33-36-39-42-45-48-51-58(63)64-54(49-46-43-40-37-34-21-18-15-12-9-6-3)52-57(62)59-55(53-60)56(61)50-47-44-41-38-35-32-30-27-25-23-20-17-14-11-8-5-2/h16,19,22,24,26,28-29,31,37,40,46,49,54-56,60-61H,4-15,17-18,20-21,23,25,27,30,32-36,38-39,41-45,47-48,50-53H2,1-3H3,(H,59,62)/b19-16+,24-22+,28-26+,31-29+,40-37-,49-46+. The quantitative estimate of drug-likeness (QED) is 0.0245. The zero-order valence-corrected chi connectivity index (χ0v) is 42.1. The maximum absolute atomic E-state index is 13.2. The van der Waals surface area contributed by atoms with Crippen LogP contribution in [0.4, 0.5) is 0 Å². The molecule has 3 unspecified atom stereocenters. The summed E-state index contributed by atoms with van der Waals surface area (Å²) < 4.78 is 5.83. The third-order valence-corrected chi connectivity index (χ3v) is 12.1. The van der Waals surface area contributed by atoms with E-state index in [1.165, 1.54) is 141 Å². The first kappa shape index (κ1) is 61.3. The number of hydrogen-bond donors (Lipinski definition) is 3. The van der Waals surface area contributed by atoms with Crippen LogP contribution in [0.2, 0.25) is 0 Å². The third-order valence-electron chi connectivity index (χ3n) is 12.1. The van der Waals surface area contributed by atoms with Gasteiger partial charge in [-0.15, -0.1) is 0 Å². The lowest BCUT2D eigenvalue weighted by molar-refractivity contribution is -0.148. The molecule has 0 saturated heterocycles. The van der Waals surface area contributed by atoms with Crippen LogP contribution in [-0.2, 0) is 14.3 Å². The van der Waals surface area contributed by atoms with Crippen molar-refractivity contribution < 1.29 is 24.5 Å². The normalized spacial score (nSPS) is 13.8. The number of aliphatic hydroxyl groups is 2. The summed E-state index contributed by atoms with van der Waals surface area (Å²) in [4.78, 5) is 26.1. The van der Waals surface area contributed by atoms with Crippen molar-refractivity contribution in [3.05, 3.63) is 72.9 Å². The SMILES string of the molecule is CCCCC/C=C/C=C/C=C/C=C/CCCCCCCC(=O)OC(/C=C/C/C=C\CCCCCCCC)CC(=O)NC(CO)C(O)CCCCCCCCCCCCCCCCCC. The molecule has 0 rings (SSSR count). The van der Waals surface area contributed by atoms with Crippen molar-refractivity contribution in [3.63, 3.8) is 0 Å². The van der Waals surface area contributed by atoms with Crippen LogP contribution in [0.5, 0.6) is 0 Å². The average Bonchev–Trinajstić information content (AvgIpc) is 3.29. The molecule has 0 aliphatic carbocycles. The Hall–Kier alpha value is -2.70. The number of ether oxygens (including phenoxy) is 1. The van der Waals surface area contributed by atoms with Crippen LogP contribution < -0.4 is 5.32 Å². The van der Waals surface area contributed by atoms with Gasteiger partial charge in [-0.1, -0.05) is 255 Å². The summed E-state index contributed by atoms with van der Waals surface area (Å²) in [5.74, 6) is -0.628. The van der Waals surface area contributed by atoms with Crippen LogP contribution >= 0.6 is 0 Å². The molecule has 64 heavy (non-hydrogen) atoms. The molecule has 3 N–H and O–H groups in total. The summed E-state index contributed by atoms with van der Waals surface area (Å²) >= 11 is 0. The van der Waals surface area contributed by atoms with Crippen molar-refractivity contribution in [2.24, 2.45) is 0 Å². The lowest BCUT2D eigenvalue weighted by Crippen LogP contribution is -2.46. The number of carbonyl (C=O) groups is 2. The van der Waals surface area contributed by atoms with E-state index in [4.69, 9.17) is 4.74 Å². The van der Waals surface area contributed by atoms with Gasteiger partial charge < -0.3 is 20.3 Å². The number of esters is 1. The summed E-state index contributed by atoms with van der Waals surface area (Å²) in [6.07, 6.45) is 65.6. The molecule has 370 valence electrons. The van der Waals surface area contributed by atoms with Crippen LogP contribution in [0.25, 0.3) is 0 Å². The van der Waals surface area contributed by atoms with Gasteiger partial charge in [0, 0.05) is 6.42 Å². The van der Waals surface area contributed by atoms with Crippen molar-refractivity contribution in [1.29, 1.82) is 0 Å². The topological polar surface area (TPSA) is 95.9 Å². The lowest BCUT2D eigenvalue weighted by Gasteiger charge is -2.23. The Bertz CT molecular complexity index is 1190. The Morgan fingerprint density at radius 1 is 0.484 bits per heavy atom. The molecule has 0 saturated carbocycles. The predicted octanol–water partition coefficient (Wildman–Crippen LogP) is 16.6. The van der Waals surface area contributed by atoms with Crippen molar-refractivity contribution in [2.45, 2.75) is 277 Å². The van der Waals surface area contributed by atoms with Gasteiger partial charge in [-0.2, -0.15) is 0 Å². The average molecular weight is 894 g/mol. The van der Waals surface area contributed by atoms with E-state index in [2.05, 4.69) is 86.8 Å². The number of nitrogens with one attached hydrogen (secondary N) is 1. The Morgan fingerprint density at radius 2 is 0.891 bits per heavy atom. The molecular formula is C58H103NO5.